The highest BCUT2D eigenvalue weighted by Crippen LogP contribution is 2.31. The number of amides is 2. The predicted molar refractivity (Wildman–Crippen MR) is 146 cm³/mol. The van der Waals surface area contributed by atoms with Crippen molar-refractivity contribution in [2.75, 3.05) is 31.6 Å². The minimum Gasteiger partial charge on any atom is -0.394 e. The number of anilines is 1. The van der Waals surface area contributed by atoms with Crippen LogP contribution in [0.2, 0.25) is 0 Å². The summed E-state index contributed by atoms with van der Waals surface area (Å²) in [5, 5.41) is 23.6. The zero-order valence-corrected chi connectivity index (χ0v) is 22.6. The van der Waals surface area contributed by atoms with Gasteiger partial charge in [0.05, 0.1) is 52.9 Å². The van der Waals surface area contributed by atoms with Gasteiger partial charge in [0.25, 0.3) is 11.8 Å². The monoisotopic (exact) mass is 536 g/mol. The Hall–Kier alpha value is -3.61. The van der Waals surface area contributed by atoms with Gasteiger partial charge in [0.15, 0.2) is 0 Å². The number of aliphatic hydroxyl groups is 1. The molecule has 5 heterocycles. The first-order chi connectivity index (χ1) is 18.2. The molecule has 0 bridgehead atoms. The number of nitrogens with one attached hydrogen (secondary N) is 2. The van der Waals surface area contributed by atoms with Gasteiger partial charge in [-0.1, -0.05) is 0 Å². The van der Waals surface area contributed by atoms with Gasteiger partial charge in [-0.05, 0) is 46.2 Å². The molecule has 4 aromatic rings. The van der Waals surface area contributed by atoms with Crippen molar-refractivity contribution in [2.45, 2.75) is 45.7 Å². The summed E-state index contributed by atoms with van der Waals surface area (Å²) in [5.74, 6) is -0.550. The van der Waals surface area contributed by atoms with Gasteiger partial charge in [0, 0.05) is 42.8 Å². The topological polar surface area (TPSA) is 130 Å². The molecule has 0 unspecified atom stereocenters. The van der Waals surface area contributed by atoms with Crippen molar-refractivity contribution < 1.29 is 14.7 Å². The van der Waals surface area contributed by atoms with Crippen molar-refractivity contribution in [1.82, 2.24) is 34.6 Å². The van der Waals surface area contributed by atoms with Crippen LogP contribution in [0.15, 0.2) is 37.1 Å². The van der Waals surface area contributed by atoms with Crippen molar-refractivity contribution >= 4 is 33.7 Å². The van der Waals surface area contributed by atoms with Crippen LogP contribution in [0.1, 0.15) is 53.1 Å². The molecule has 0 aromatic carbocycles. The zero-order chi connectivity index (χ0) is 26.9. The molecule has 11 nitrogen and oxygen atoms in total. The highest BCUT2D eigenvalue weighted by atomic mass is 32.1. The first-order valence-electron chi connectivity index (χ1n) is 12.7. The van der Waals surface area contributed by atoms with E-state index in [0.29, 0.717) is 40.4 Å². The molecule has 0 atom stereocenters. The second kappa shape index (κ2) is 10.6. The van der Waals surface area contributed by atoms with E-state index in [1.54, 1.807) is 28.4 Å². The maximum atomic E-state index is 13.2. The second-order valence-electron chi connectivity index (χ2n) is 10.1. The Balaban J connectivity index is 1.26. The maximum absolute atomic E-state index is 13.2. The number of hydrogen-bond acceptors (Lipinski definition) is 8. The molecule has 1 aliphatic heterocycles. The lowest BCUT2D eigenvalue weighted by Gasteiger charge is -2.31. The van der Waals surface area contributed by atoms with E-state index < -0.39 is 0 Å². The fourth-order valence-electron chi connectivity index (χ4n) is 4.75. The van der Waals surface area contributed by atoms with Gasteiger partial charge in [-0.2, -0.15) is 10.2 Å². The molecule has 1 fully saturated rings. The third-order valence-electron chi connectivity index (χ3n) is 7.02. The number of hydrogen-bond donors (Lipinski definition) is 3. The Labute approximate surface area is 224 Å². The summed E-state index contributed by atoms with van der Waals surface area (Å²) in [4.78, 5) is 34.3. The molecule has 200 valence electrons. The van der Waals surface area contributed by atoms with Gasteiger partial charge < -0.3 is 15.7 Å². The number of carbonyl (C=O) groups is 2. The number of carbonyl (C=O) groups excluding carboxylic acids is 2. The molecule has 1 aliphatic rings. The Morgan fingerprint density at radius 2 is 1.97 bits per heavy atom. The van der Waals surface area contributed by atoms with Crippen LogP contribution in [0.4, 0.5) is 5.69 Å². The molecule has 1 saturated heterocycles. The highest BCUT2D eigenvalue weighted by Gasteiger charge is 2.31. The molecule has 3 N–H and O–H groups in total. The Morgan fingerprint density at radius 3 is 2.74 bits per heavy atom. The van der Waals surface area contributed by atoms with Crippen LogP contribution in [-0.4, -0.2) is 78.0 Å². The van der Waals surface area contributed by atoms with E-state index in [0.717, 1.165) is 30.0 Å². The van der Waals surface area contributed by atoms with Gasteiger partial charge in [-0.3, -0.25) is 24.2 Å². The second-order valence-corrected chi connectivity index (χ2v) is 11.1. The summed E-state index contributed by atoms with van der Waals surface area (Å²) in [6.45, 7) is 9.07. The lowest BCUT2D eigenvalue weighted by molar-refractivity contribution is 0.0938. The standard InChI is InChI=1S/C26H32N8O3S/c1-17-21(11-18(12-28-17)23(36)27-6-8-32-7-4-5-26(32,2)3)31-24(37)20-14-30-34-16-22(38-25(20)34)19-13-29-33(15-19)9-10-35/h11-16,35H,4-10H2,1-3H3,(H,27,36)(H,31,37). The van der Waals surface area contributed by atoms with E-state index >= 15 is 0 Å². The van der Waals surface area contributed by atoms with E-state index in [1.807, 2.05) is 12.4 Å². The SMILES string of the molecule is Cc1ncc(C(=O)NCCN2CCCC2(C)C)cc1NC(=O)c1cnn2cc(-c3cnn(CCO)c3)sc12. The summed E-state index contributed by atoms with van der Waals surface area (Å²) in [5.41, 5.74) is 2.95. The lowest BCUT2D eigenvalue weighted by Crippen LogP contribution is -2.43. The Kier molecular flexibility index (Phi) is 7.28. The Morgan fingerprint density at radius 1 is 1.13 bits per heavy atom. The van der Waals surface area contributed by atoms with Crippen LogP contribution in [0.5, 0.6) is 0 Å². The number of aryl methyl sites for hydroxylation is 1. The summed E-state index contributed by atoms with van der Waals surface area (Å²) in [6.07, 6.45) is 10.8. The van der Waals surface area contributed by atoms with Gasteiger partial charge in [0.2, 0.25) is 0 Å². The smallest absolute Gasteiger partial charge is 0.260 e. The molecule has 4 aromatic heterocycles. The van der Waals surface area contributed by atoms with E-state index in [9.17, 15) is 9.59 Å². The number of rotatable bonds is 9. The van der Waals surface area contributed by atoms with Crippen molar-refractivity contribution in [3.63, 3.8) is 0 Å². The molecule has 5 rings (SSSR count). The molecule has 2 amide bonds. The van der Waals surface area contributed by atoms with Crippen LogP contribution in [0.3, 0.4) is 0 Å². The summed E-state index contributed by atoms with van der Waals surface area (Å²) >= 11 is 1.43. The fraction of sp³-hybridized carbons (Fsp3) is 0.423. The molecule has 0 aliphatic carbocycles. The Bertz CT molecular complexity index is 1470. The van der Waals surface area contributed by atoms with Crippen molar-refractivity contribution in [3.05, 3.63) is 53.9 Å². The summed E-state index contributed by atoms with van der Waals surface area (Å²) in [6, 6.07) is 1.66. The van der Waals surface area contributed by atoms with Gasteiger partial charge in [-0.15, -0.1) is 11.3 Å². The molecule has 0 radical (unpaired) electrons. The largest absolute Gasteiger partial charge is 0.394 e. The number of aromatic nitrogens is 5. The third-order valence-corrected chi connectivity index (χ3v) is 8.19. The van der Waals surface area contributed by atoms with E-state index in [2.05, 4.69) is 44.6 Å². The number of likely N-dealkylation sites (tertiary alicyclic amines) is 1. The van der Waals surface area contributed by atoms with Crippen LogP contribution >= 0.6 is 11.3 Å². The van der Waals surface area contributed by atoms with E-state index in [1.165, 1.54) is 30.2 Å². The number of thiazole rings is 1. The number of nitrogens with zero attached hydrogens (tertiary/aromatic N) is 6. The van der Waals surface area contributed by atoms with Crippen molar-refractivity contribution in [2.24, 2.45) is 0 Å². The van der Waals surface area contributed by atoms with E-state index in [-0.39, 0.29) is 24.0 Å². The maximum Gasteiger partial charge on any atom is 0.260 e. The number of fused-ring (bicyclic) bond motifs is 1. The lowest BCUT2D eigenvalue weighted by atomic mass is 10.0. The molecule has 0 spiro atoms. The third kappa shape index (κ3) is 5.33. The predicted octanol–water partition coefficient (Wildman–Crippen LogP) is 2.81. The average molecular weight is 537 g/mol. The van der Waals surface area contributed by atoms with Gasteiger partial charge in [0.1, 0.15) is 4.83 Å². The normalized spacial score (nSPS) is 15.3. The van der Waals surface area contributed by atoms with E-state index in [4.69, 9.17) is 5.11 Å². The highest BCUT2D eigenvalue weighted by molar-refractivity contribution is 7.21. The minimum absolute atomic E-state index is 0.00723. The molecule has 38 heavy (non-hydrogen) atoms. The number of aliphatic hydroxyl groups excluding tert-OH is 1. The van der Waals surface area contributed by atoms with Crippen LogP contribution in [0.25, 0.3) is 15.3 Å². The van der Waals surface area contributed by atoms with Gasteiger partial charge in [-0.25, -0.2) is 4.52 Å². The molecular formula is C26H32N8O3S. The van der Waals surface area contributed by atoms with Crippen molar-refractivity contribution in [1.29, 1.82) is 0 Å². The average Bonchev–Trinajstić information content (AvgIpc) is 3.65. The first-order valence-corrected chi connectivity index (χ1v) is 13.5. The molecule has 0 saturated carbocycles. The van der Waals surface area contributed by atoms with Crippen LogP contribution in [-0.2, 0) is 6.54 Å². The summed E-state index contributed by atoms with van der Waals surface area (Å²) in [7, 11) is 0. The quantitative estimate of drug-likeness (QED) is 0.300. The first kappa shape index (κ1) is 26.0. The van der Waals surface area contributed by atoms with Gasteiger partial charge >= 0.3 is 0 Å². The van der Waals surface area contributed by atoms with Crippen LogP contribution in [0, 0.1) is 6.92 Å². The fourth-order valence-corrected chi connectivity index (χ4v) is 5.78. The number of pyridine rings is 1. The van der Waals surface area contributed by atoms with Crippen LogP contribution < -0.4 is 10.6 Å². The minimum atomic E-state index is -0.330. The molecule has 12 heteroatoms. The van der Waals surface area contributed by atoms with Crippen molar-refractivity contribution in [3.8, 4) is 10.4 Å². The zero-order valence-electron chi connectivity index (χ0n) is 21.8. The summed E-state index contributed by atoms with van der Waals surface area (Å²) < 4.78 is 3.33. The molecular weight excluding hydrogens is 504 g/mol.